The van der Waals surface area contributed by atoms with Crippen LogP contribution in [-0.4, -0.2) is 41.2 Å². The van der Waals surface area contributed by atoms with E-state index >= 15 is 0 Å². The Morgan fingerprint density at radius 1 is 1.03 bits per heavy atom. The van der Waals surface area contributed by atoms with Crippen LogP contribution in [0.5, 0.6) is 0 Å². The molecule has 6 nitrogen and oxygen atoms in total. The van der Waals surface area contributed by atoms with E-state index in [0.717, 1.165) is 31.2 Å². The third-order valence-corrected chi connectivity index (χ3v) is 6.69. The average Bonchev–Trinajstić information content (AvgIpc) is 3.72. The maximum Gasteiger partial charge on any atom is 0.251 e. The molecule has 1 saturated heterocycles. The lowest BCUT2D eigenvalue weighted by atomic mass is 10.1. The third-order valence-electron chi connectivity index (χ3n) is 6.37. The average molecular weight is 452 g/mol. The van der Waals surface area contributed by atoms with Gasteiger partial charge in [0.1, 0.15) is 0 Å². The van der Waals surface area contributed by atoms with Crippen LogP contribution in [0.4, 0.5) is 5.69 Å². The van der Waals surface area contributed by atoms with E-state index in [1.807, 2.05) is 47.4 Å². The van der Waals surface area contributed by atoms with Crippen LogP contribution in [0.3, 0.4) is 0 Å². The molecule has 3 amide bonds. The molecular formula is C25H26ClN3O3. The van der Waals surface area contributed by atoms with Gasteiger partial charge in [-0.3, -0.25) is 14.4 Å². The monoisotopic (exact) mass is 451 g/mol. The first-order valence-corrected chi connectivity index (χ1v) is 11.6. The number of hydrogen-bond donors (Lipinski definition) is 1. The van der Waals surface area contributed by atoms with E-state index in [-0.39, 0.29) is 36.1 Å². The summed E-state index contributed by atoms with van der Waals surface area (Å²) in [6.07, 6.45) is 4.29. The molecule has 0 aromatic heterocycles. The molecule has 3 aliphatic rings. The lowest BCUT2D eigenvalue weighted by Gasteiger charge is -2.26. The van der Waals surface area contributed by atoms with Crippen molar-refractivity contribution in [2.75, 3.05) is 11.4 Å². The summed E-state index contributed by atoms with van der Waals surface area (Å²) < 4.78 is 0. The summed E-state index contributed by atoms with van der Waals surface area (Å²) in [4.78, 5) is 41.8. The van der Waals surface area contributed by atoms with Gasteiger partial charge in [-0.15, -0.1) is 0 Å². The zero-order valence-corrected chi connectivity index (χ0v) is 18.6. The van der Waals surface area contributed by atoms with Crippen LogP contribution in [0.2, 0.25) is 5.02 Å². The first kappa shape index (κ1) is 21.0. The first-order valence-electron chi connectivity index (χ1n) is 11.2. The summed E-state index contributed by atoms with van der Waals surface area (Å²) in [7, 11) is 0. The number of amides is 3. The fourth-order valence-electron chi connectivity index (χ4n) is 4.24. The minimum absolute atomic E-state index is 0.0194. The second kappa shape index (κ2) is 8.58. The van der Waals surface area contributed by atoms with E-state index < -0.39 is 0 Å². The molecule has 5 rings (SSSR count). The van der Waals surface area contributed by atoms with Gasteiger partial charge >= 0.3 is 0 Å². The number of carbonyl (C=O) groups is 3. The van der Waals surface area contributed by atoms with Gasteiger partial charge in [-0.25, -0.2) is 0 Å². The standard InChI is InChI=1S/C25H26ClN3O3/c26-21-3-1-2-4-22(21)29-15-18(13-23(29)30)25(32)28(20-11-12-20)14-16-5-7-17(8-6-16)24(31)27-19-9-10-19/h1-8,18-20H,9-15H2,(H,27,31). The van der Waals surface area contributed by atoms with Gasteiger partial charge in [-0.05, 0) is 55.5 Å². The van der Waals surface area contributed by atoms with Crippen LogP contribution >= 0.6 is 11.6 Å². The fraction of sp³-hybridized carbons (Fsp3) is 0.400. The Bertz CT molecular complexity index is 1050. The number of carbonyl (C=O) groups excluding carboxylic acids is 3. The molecule has 1 heterocycles. The van der Waals surface area contributed by atoms with Crippen LogP contribution in [0.1, 0.15) is 48.0 Å². The number of halogens is 1. The Morgan fingerprint density at radius 2 is 1.75 bits per heavy atom. The van der Waals surface area contributed by atoms with Crippen LogP contribution in [0.15, 0.2) is 48.5 Å². The minimum atomic E-state index is -0.372. The van der Waals surface area contributed by atoms with Crippen molar-refractivity contribution in [1.29, 1.82) is 0 Å². The van der Waals surface area contributed by atoms with Crippen molar-refractivity contribution >= 4 is 35.0 Å². The number of para-hydroxylation sites is 1. The van der Waals surface area contributed by atoms with Gasteiger partial charge in [0.2, 0.25) is 11.8 Å². The van der Waals surface area contributed by atoms with Crippen molar-refractivity contribution in [3.63, 3.8) is 0 Å². The predicted octanol–water partition coefficient (Wildman–Crippen LogP) is 3.78. The van der Waals surface area contributed by atoms with Gasteiger partial charge in [-0.1, -0.05) is 35.9 Å². The highest BCUT2D eigenvalue weighted by Gasteiger charge is 2.41. The van der Waals surface area contributed by atoms with E-state index in [9.17, 15) is 14.4 Å². The van der Waals surface area contributed by atoms with Crippen molar-refractivity contribution in [1.82, 2.24) is 10.2 Å². The second-order valence-corrected chi connectivity index (χ2v) is 9.41. The summed E-state index contributed by atoms with van der Waals surface area (Å²) in [5.74, 6) is -0.467. The number of nitrogens with zero attached hydrogens (tertiary/aromatic N) is 2. The smallest absolute Gasteiger partial charge is 0.251 e. The topological polar surface area (TPSA) is 69.7 Å². The number of hydrogen-bond acceptors (Lipinski definition) is 3. The highest BCUT2D eigenvalue weighted by molar-refractivity contribution is 6.33. The number of anilines is 1. The summed E-state index contributed by atoms with van der Waals surface area (Å²) >= 11 is 6.28. The molecule has 0 radical (unpaired) electrons. The number of rotatable bonds is 7. The van der Waals surface area contributed by atoms with Gasteiger partial charge in [0.25, 0.3) is 5.91 Å². The molecular weight excluding hydrogens is 426 g/mol. The Balaban J connectivity index is 1.26. The maximum atomic E-state index is 13.4. The van der Waals surface area contributed by atoms with E-state index in [1.165, 1.54) is 0 Å². The molecule has 2 aromatic carbocycles. The van der Waals surface area contributed by atoms with Crippen LogP contribution < -0.4 is 10.2 Å². The number of nitrogens with one attached hydrogen (secondary N) is 1. The van der Waals surface area contributed by atoms with E-state index in [1.54, 1.807) is 11.0 Å². The minimum Gasteiger partial charge on any atom is -0.349 e. The van der Waals surface area contributed by atoms with Crippen molar-refractivity contribution in [2.24, 2.45) is 5.92 Å². The highest BCUT2D eigenvalue weighted by Crippen LogP contribution is 2.35. The van der Waals surface area contributed by atoms with Crippen molar-refractivity contribution < 1.29 is 14.4 Å². The van der Waals surface area contributed by atoms with Crippen LogP contribution in [0, 0.1) is 5.92 Å². The molecule has 166 valence electrons. The Morgan fingerprint density at radius 3 is 2.41 bits per heavy atom. The Hall–Kier alpha value is -2.86. The lowest BCUT2D eigenvalue weighted by molar-refractivity contribution is -0.137. The van der Waals surface area contributed by atoms with Gasteiger partial charge in [0.05, 0.1) is 16.6 Å². The Labute approximate surface area is 192 Å². The van der Waals surface area contributed by atoms with Gasteiger partial charge < -0.3 is 15.1 Å². The van der Waals surface area contributed by atoms with Gasteiger partial charge in [0.15, 0.2) is 0 Å². The molecule has 1 atom stereocenters. The fourth-order valence-corrected chi connectivity index (χ4v) is 4.48. The van der Waals surface area contributed by atoms with Crippen molar-refractivity contribution in [3.05, 3.63) is 64.7 Å². The summed E-state index contributed by atoms with van der Waals surface area (Å²) in [6.45, 7) is 0.843. The van der Waals surface area contributed by atoms with Crippen LogP contribution in [-0.2, 0) is 16.1 Å². The largest absolute Gasteiger partial charge is 0.349 e. The highest BCUT2D eigenvalue weighted by atomic mass is 35.5. The first-order chi connectivity index (χ1) is 15.5. The maximum absolute atomic E-state index is 13.4. The molecule has 1 N–H and O–H groups in total. The van der Waals surface area contributed by atoms with Gasteiger partial charge in [0, 0.05) is 37.2 Å². The predicted molar refractivity (Wildman–Crippen MR) is 122 cm³/mol. The lowest BCUT2D eigenvalue weighted by Crippen LogP contribution is -2.38. The quantitative estimate of drug-likeness (QED) is 0.696. The zero-order valence-electron chi connectivity index (χ0n) is 17.8. The normalized spacial score (nSPS) is 20.3. The second-order valence-electron chi connectivity index (χ2n) is 9.00. The molecule has 0 bridgehead atoms. The van der Waals surface area contributed by atoms with E-state index in [0.29, 0.717) is 35.4 Å². The molecule has 32 heavy (non-hydrogen) atoms. The number of benzene rings is 2. The molecule has 0 spiro atoms. The van der Waals surface area contributed by atoms with Gasteiger partial charge in [-0.2, -0.15) is 0 Å². The van der Waals surface area contributed by atoms with E-state index in [2.05, 4.69) is 5.32 Å². The SMILES string of the molecule is O=C(NC1CC1)c1ccc(CN(C(=O)C2CC(=O)N(c3ccccc3Cl)C2)C2CC2)cc1. The van der Waals surface area contributed by atoms with Crippen molar-refractivity contribution in [2.45, 2.75) is 50.7 Å². The Kier molecular flexibility index (Phi) is 5.64. The molecule has 2 saturated carbocycles. The molecule has 1 aliphatic heterocycles. The summed E-state index contributed by atoms with van der Waals surface area (Å²) in [6, 6.07) is 15.3. The van der Waals surface area contributed by atoms with Crippen LogP contribution in [0.25, 0.3) is 0 Å². The molecule has 1 unspecified atom stereocenters. The molecule has 2 aromatic rings. The van der Waals surface area contributed by atoms with Crippen molar-refractivity contribution in [3.8, 4) is 0 Å². The zero-order chi connectivity index (χ0) is 22.2. The summed E-state index contributed by atoms with van der Waals surface area (Å²) in [5.41, 5.74) is 2.29. The molecule has 3 fully saturated rings. The van der Waals surface area contributed by atoms with E-state index in [4.69, 9.17) is 11.6 Å². The molecule has 7 heteroatoms. The molecule has 2 aliphatic carbocycles. The summed E-state index contributed by atoms with van der Waals surface area (Å²) in [5, 5.41) is 3.50. The third kappa shape index (κ3) is 4.51.